The van der Waals surface area contributed by atoms with Gasteiger partial charge in [-0.1, -0.05) is 18.2 Å². The zero-order chi connectivity index (χ0) is 12.1. The lowest BCUT2D eigenvalue weighted by molar-refractivity contribution is 0.174. The first-order chi connectivity index (χ1) is 8.32. The Kier molecular flexibility index (Phi) is 3.62. The predicted octanol–water partition coefficient (Wildman–Crippen LogP) is 1.42. The number of nitrogens with one attached hydrogen (secondary N) is 1. The lowest BCUT2D eigenvalue weighted by atomic mass is 9.86. The molecule has 0 spiro atoms. The van der Waals surface area contributed by atoms with E-state index < -0.39 is 5.54 Å². The summed E-state index contributed by atoms with van der Waals surface area (Å²) in [6, 6.07) is 10.1. The fourth-order valence-electron chi connectivity index (χ4n) is 2.10. The summed E-state index contributed by atoms with van der Waals surface area (Å²) in [6.45, 7) is 1.80. The van der Waals surface area contributed by atoms with Crippen molar-refractivity contribution in [1.82, 2.24) is 5.32 Å². The first-order valence-corrected chi connectivity index (χ1v) is 5.70. The van der Waals surface area contributed by atoms with Crippen LogP contribution in [0.3, 0.4) is 0 Å². The number of ether oxygens (including phenoxy) is 2. The lowest BCUT2D eigenvalue weighted by Gasteiger charge is -2.33. The smallest absolute Gasteiger partial charge is 0.139 e. The normalized spacial score (nSPS) is 22.4. The third-order valence-corrected chi connectivity index (χ3v) is 3.01. The molecule has 0 amide bonds. The minimum atomic E-state index is -0.645. The van der Waals surface area contributed by atoms with E-state index >= 15 is 0 Å². The van der Waals surface area contributed by atoms with Crippen molar-refractivity contribution in [3.63, 3.8) is 0 Å². The van der Waals surface area contributed by atoms with Crippen molar-refractivity contribution in [3.8, 4) is 11.8 Å². The van der Waals surface area contributed by atoms with Crippen LogP contribution in [-0.2, 0) is 10.3 Å². The van der Waals surface area contributed by atoms with Crippen LogP contribution in [0.5, 0.6) is 5.75 Å². The average molecular weight is 232 g/mol. The van der Waals surface area contributed by atoms with Crippen LogP contribution in [0.25, 0.3) is 0 Å². The second kappa shape index (κ2) is 5.17. The number of hydrogen-bond donors (Lipinski definition) is 1. The van der Waals surface area contributed by atoms with Crippen molar-refractivity contribution in [2.24, 2.45) is 0 Å². The van der Waals surface area contributed by atoms with E-state index in [9.17, 15) is 5.26 Å². The first kappa shape index (κ1) is 11.9. The van der Waals surface area contributed by atoms with Crippen LogP contribution < -0.4 is 10.1 Å². The highest BCUT2D eigenvalue weighted by atomic mass is 16.5. The summed E-state index contributed by atoms with van der Waals surface area (Å²) in [6.07, 6.45) is 0.657. The number of fused-ring (bicyclic) bond motifs is 1. The summed E-state index contributed by atoms with van der Waals surface area (Å²) in [5.41, 5.74) is 0.276. The van der Waals surface area contributed by atoms with Crippen molar-refractivity contribution in [1.29, 1.82) is 5.26 Å². The predicted molar refractivity (Wildman–Crippen MR) is 63.7 cm³/mol. The standard InChI is InChI=1S/C13H16N2O2/c1-16-9-7-15-13(10-14)6-8-17-12-5-3-2-4-11(12)13/h2-5,15H,6-9H2,1H3. The quantitative estimate of drug-likeness (QED) is 0.798. The molecule has 17 heavy (non-hydrogen) atoms. The van der Waals surface area contributed by atoms with Gasteiger partial charge < -0.3 is 9.47 Å². The molecule has 1 aliphatic heterocycles. The van der Waals surface area contributed by atoms with E-state index in [0.29, 0.717) is 26.2 Å². The van der Waals surface area contributed by atoms with Crippen LogP contribution in [0.1, 0.15) is 12.0 Å². The van der Waals surface area contributed by atoms with Gasteiger partial charge in [0.05, 0.1) is 19.3 Å². The molecule has 4 heteroatoms. The summed E-state index contributed by atoms with van der Waals surface area (Å²) < 4.78 is 10.6. The van der Waals surface area contributed by atoms with Crippen LogP contribution in [-0.4, -0.2) is 26.9 Å². The molecule has 0 aromatic heterocycles. The van der Waals surface area contributed by atoms with Crippen LogP contribution in [0.4, 0.5) is 0 Å². The Morgan fingerprint density at radius 1 is 1.53 bits per heavy atom. The molecule has 1 N–H and O–H groups in total. The van der Waals surface area contributed by atoms with E-state index in [1.165, 1.54) is 0 Å². The summed E-state index contributed by atoms with van der Waals surface area (Å²) in [5, 5.41) is 12.8. The minimum absolute atomic E-state index is 0.560. The van der Waals surface area contributed by atoms with E-state index in [1.807, 2.05) is 24.3 Å². The molecule has 0 saturated heterocycles. The van der Waals surface area contributed by atoms with Crippen molar-refractivity contribution >= 4 is 0 Å². The molecule has 1 heterocycles. The van der Waals surface area contributed by atoms with Crippen molar-refractivity contribution < 1.29 is 9.47 Å². The highest BCUT2D eigenvalue weighted by Gasteiger charge is 2.37. The van der Waals surface area contributed by atoms with Gasteiger partial charge in [-0.25, -0.2) is 0 Å². The van der Waals surface area contributed by atoms with Crippen LogP contribution in [0, 0.1) is 11.3 Å². The Bertz CT molecular complexity index is 428. The molecule has 2 rings (SSSR count). The zero-order valence-electron chi connectivity index (χ0n) is 9.90. The van der Waals surface area contributed by atoms with E-state index in [0.717, 1.165) is 11.3 Å². The maximum absolute atomic E-state index is 9.48. The molecule has 1 aliphatic rings. The summed E-state index contributed by atoms with van der Waals surface area (Å²) in [4.78, 5) is 0. The Labute approximate surface area is 101 Å². The molecule has 0 aliphatic carbocycles. The number of benzene rings is 1. The molecular weight excluding hydrogens is 216 g/mol. The summed E-state index contributed by atoms with van der Waals surface area (Å²) in [5.74, 6) is 0.796. The molecule has 1 aromatic carbocycles. The number of hydrogen-bond acceptors (Lipinski definition) is 4. The molecule has 1 atom stereocenters. The summed E-state index contributed by atoms with van der Waals surface area (Å²) >= 11 is 0. The van der Waals surface area contributed by atoms with E-state index in [1.54, 1.807) is 7.11 Å². The lowest BCUT2D eigenvalue weighted by Crippen LogP contribution is -2.46. The molecule has 0 radical (unpaired) electrons. The molecule has 0 bridgehead atoms. The highest BCUT2D eigenvalue weighted by molar-refractivity contribution is 5.44. The van der Waals surface area contributed by atoms with Gasteiger partial charge in [0, 0.05) is 25.6 Å². The summed E-state index contributed by atoms with van der Waals surface area (Å²) in [7, 11) is 1.65. The average Bonchev–Trinajstić information content (AvgIpc) is 2.39. The van der Waals surface area contributed by atoms with Crippen molar-refractivity contribution in [3.05, 3.63) is 29.8 Å². The maximum atomic E-state index is 9.48. The molecular formula is C13H16N2O2. The third-order valence-electron chi connectivity index (χ3n) is 3.01. The number of nitrogens with zero attached hydrogens (tertiary/aromatic N) is 1. The maximum Gasteiger partial charge on any atom is 0.139 e. The van der Waals surface area contributed by atoms with Gasteiger partial charge in [-0.15, -0.1) is 0 Å². The van der Waals surface area contributed by atoms with Gasteiger partial charge >= 0.3 is 0 Å². The third kappa shape index (κ3) is 2.26. The van der Waals surface area contributed by atoms with Gasteiger partial charge in [-0.3, -0.25) is 5.32 Å². The molecule has 0 saturated carbocycles. The zero-order valence-corrected chi connectivity index (χ0v) is 9.90. The Morgan fingerprint density at radius 3 is 3.12 bits per heavy atom. The second-order valence-corrected chi connectivity index (χ2v) is 4.03. The van der Waals surface area contributed by atoms with E-state index in [2.05, 4.69) is 11.4 Å². The molecule has 1 unspecified atom stereocenters. The Balaban J connectivity index is 2.27. The van der Waals surface area contributed by atoms with E-state index in [4.69, 9.17) is 9.47 Å². The SMILES string of the molecule is COCCNC1(C#N)CCOc2ccccc21. The van der Waals surface area contributed by atoms with E-state index in [-0.39, 0.29) is 0 Å². The van der Waals surface area contributed by atoms with Gasteiger partial charge in [-0.2, -0.15) is 5.26 Å². The molecule has 4 nitrogen and oxygen atoms in total. The minimum Gasteiger partial charge on any atom is -0.493 e. The second-order valence-electron chi connectivity index (χ2n) is 4.03. The highest BCUT2D eigenvalue weighted by Crippen LogP contribution is 2.36. The molecule has 90 valence electrons. The van der Waals surface area contributed by atoms with Crippen LogP contribution in [0.15, 0.2) is 24.3 Å². The van der Waals surface area contributed by atoms with Crippen molar-refractivity contribution in [2.75, 3.05) is 26.9 Å². The van der Waals surface area contributed by atoms with Gasteiger partial charge in [0.1, 0.15) is 11.3 Å². The Hall–Kier alpha value is -1.57. The van der Waals surface area contributed by atoms with Gasteiger partial charge in [-0.05, 0) is 6.07 Å². The monoisotopic (exact) mass is 232 g/mol. The number of rotatable bonds is 4. The fourth-order valence-corrected chi connectivity index (χ4v) is 2.10. The largest absolute Gasteiger partial charge is 0.493 e. The number of methoxy groups -OCH3 is 1. The van der Waals surface area contributed by atoms with Crippen molar-refractivity contribution in [2.45, 2.75) is 12.0 Å². The number of para-hydroxylation sites is 1. The number of nitriles is 1. The first-order valence-electron chi connectivity index (χ1n) is 5.70. The van der Waals surface area contributed by atoms with Gasteiger partial charge in [0.25, 0.3) is 0 Å². The molecule has 0 fully saturated rings. The topological polar surface area (TPSA) is 54.3 Å². The van der Waals surface area contributed by atoms with Crippen LogP contribution in [0.2, 0.25) is 0 Å². The van der Waals surface area contributed by atoms with Crippen LogP contribution >= 0.6 is 0 Å². The molecule has 1 aromatic rings. The fraction of sp³-hybridized carbons (Fsp3) is 0.462. The Morgan fingerprint density at radius 2 is 2.35 bits per heavy atom. The van der Waals surface area contributed by atoms with Gasteiger partial charge in [0.2, 0.25) is 0 Å². The van der Waals surface area contributed by atoms with Gasteiger partial charge in [0.15, 0.2) is 0 Å².